The van der Waals surface area contributed by atoms with Gasteiger partial charge in [-0.2, -0.15) is 0 Å². The highest BCUT2D eigenvalue weighted by atomic mass is 16.4. The second-order valence-corrected chi connectivity index (χ2v) is 3.85. The van der Waals surface area contributed by atoms with E-state index in [2.05, 4.69) is 15.3 Å². The number of nitrogens with zero attached hydrogens (tertiary/aromatic N) is 3. The van der Waals surface area contributed by atoms with E-state index in [1.807, 2.05) is 0 Å². The lowest BCUT2D eigenvalue weighted by Gasteiger charge is -2.06. The molecule has 8 nitrogen and oxygen atoms in total. The zero-order valence-electron chi connectivity index (χ0n) is 10.2. The quantitative estimate of drug-likeness (QED) is 0.230. The van der Waals surface area contributed by atoms with Crippen LogP contribution in [0.1, 0.15) is 32.1 Å². The van der Waals surface area contributed by atoms with Gasteiger partial charge in [0, 0.05) is 24.4 Å². The molecule has 0 aromatic heterocycles. The highest BCUT2D eigenvalue weighted by Crippen LogP contribution is 2.04. The van der Waals surface area contributed by atoms with Gasteiger partial charge in [-0.3, -0.25) is 9.59 Å². The summed E-state index contributed by atoms with van der Waals surface area (Å²) in [6, 6.07) is -0.817. The Balaban J connectivity index is 3.40. The van der Waals surface area contributed by atoms with Crippen LogP contribution >= 0.6 is 0 Å². The van der Waals surface area contributed by atoms with Gasteiger partial charge in [0.05, 0.1) is 0 Å². The molecule has 1 atom stereocenters. The van der Waals surface area contributed by atoms with Crippen LogP contribution in [-0.4, -0.2) is 36.1 Å². The number of azide groups is 1. The third-order valence-corrected chi connectivity index (χ3v) is 2.33. The number of unbranched alkanes of at least 4 members (excludes halogenated alkanes) is 2. The minimum Gasteiger partial charge on any atom is -0.480 e. The number of nitrogens with two attached hydrogens (primary N) is 1. The summed E-state index contributed by atoms with van der Waals surface area (Å²) in [5, 5.41) is 14.4. The van der Waals surface area contributed by atoms with E-state index in [1.165, 1.54) is 0 Å². The highest BCUT2D eigenvalue weighted by molar-refractivity contribution is 5.75. The molecule has 0 unspecified atom stereocenters. The fraction of sp³-hybridized carbons (Fsp3) is 0.800. The van der Waals surface area contributed by atoms with Crippen LogP contribution in [0.5, 0.6) is 0 Å². The molecule has 0 aliphatic heterocycles. The minimum absolute atomic E-state index is 0.0920. The number of carboxylic acid groups (broad SMARTS) is 1. The molecule has 0 aliphatic carbocycles. The molecule has 18 heavy (non-hydrogen) atoms. The summed E-state index contributed by atoms with van der Waals surface area (Å²) < 4.78 is 0. The molecule has 0 rings (SSSR count). The molecule has 0 fully saturated rings. The molecule has 0 aliphatic rings. The lowest BCUT2D eigenvalue weighted by atomic mass is 10.1. The summed E-state index contributed by atoms with van der Waals surface area (Å²) in [6.45, 7) is 0.586. The van der Waals surface area contributed by atoms with Crippen LogP contribution in [0.4, 0.5) is 0 Å². The van der Waals surface area contributed by atoms with Gasteiger partial charge < -0.3 is 16.2 Å². The molecule has 0 bridgehead atoms. The Hall–Kier alpha value is -1.79. The predicted molar refractivity (Wildman–Crippen MR) is 65.7 cm³/mol. The second kappa shape index (κ2) is 10.4. The van der Waals surface area contributed by atoms with E-state index >= 15 is 0 Å². The van der Waals surface area contributed by atoms with Crippen molar-refractivity contribution in [2.75, 3.05) is 13.1 Å². The largest absolute Gasteiger partial charge is 0.480 e. The van der Waals surface area contributed by atoms with E-state index in [1.54, 1.807) is 0 Å². The Labute approximate surface area is 105 Å². The molecule has 102 valence electrons. The lowest BCUT2D eigenvalue weighted by Crippen LogP contribution is -2.29. The van der Waals surface area contributed by atoms with Crippen LogP contribution in [-0.2, 0) is 9.59 Å². The van der Waals surface area contributed by atoms with Gasteiger partial charge in [0.2, 0.25) is 5.91 Å². The first-order chi connectivity index (χ1) is 8.57. The molecule has 0 aromatic carbocycles. The smallest absolute Gasteiger partial charge is 0.320 e. The van der Waals surface area contributed by atoms with Gasteiger partial charge in [-0.15, -0.1) is 0 Å². The number of carbonyl (C=O) groups excluding carboxylic acids is 1. The second-order valence-electron chi connectivity index (χ2n) is 3.85. The first-order valence-electron chi connectivity index (χ1n) is 5.84. The summed E-state index contributed by atoms with van der Waals surface area (Å²) >= 11 is 0. The molecule has 4 N–H and O–H groups in total. The van der Waals surface area contributed by atoms with Crippen molar-refractivity contribution >= 4 is 11.9 Å². The first-order valence-corrected chi connectivity index (χ1v) is 5.84. The third-order valence-electron chi connectivity index (χ3n) is 2.33. The Morgan fingerprint density at radius 1 is 1.39 bits per heavy atom. The van der Waals surface area contributed by atoms with E-state index in [-0.39, 0.29) is 12.5 Å². The van der Waals surface area contributed by atoms with Crippen molar-refractivity contribution < 1.29 is 14.7 Å². The molecular weight excluding hydrogens is 238 g/mol. The van der Waals surface area contributed by atoms with E-state index < -0.39 is 12.0 Å². The van der Waals surface area contributed by atoms with Gasteiger partial charge in [0.15, 0.2) is 0 Å². The summed E-state index contributed by atoms with van der Waals surface area (Å²) in [5.41, 5.74) is 13.3. The molecule has 0 saturated carbocycles. The molecule has 8 heteroatoms. The maximum Gasteiger partial charge on any atom is 0.320 e. The van der Waals surface area contributed by atoms with Crippen molar-refractivity contribution in [1.82, 2.24) is 5.32 Å². The molecule has 0 radical (unpaired) electrons. The fourth-order valence-corrected chi connectivity index (χ4v) is 1.33. The number of nitrogens with one attached hydrogen (secondary N) is 1. The number of aliphatic carboxylic acids is 1. The first kappa shape index (κ1) is 16.2. The molecule has 0 aromatic rings. The van der Waals surface area contributed by atoms with Crippen LogP contribution < -0.4 is 11.1 Å². The molecule has 0 heterocycles. The van der Waals surface area contributed by atoms with Crippen molar-refractivity contribution in [1.29, 1.82) is 0 Å². The van der Waals surface area contributed by atoms with Gasteiger partial charge in [-0.05, 0) is 18.4 Å². The normalized spacial score (nSPS) is 11.4. The van der Waals surface area contributed by atoms with Gasteiger partial charge in [-0.1, -0.05) is 18.0 Å². The van der Waals surface area contributed by atoms with Crippen LogP contribution in [0.2, 0.25) is 0 Å². The molecule has 0 saturated heterocycles. The number of hydrogen-bond donors (Lipinski definition) is 3. The maximum atomic E-state index is 11.2. The summed E-state index contributed by atoms with van der Waals surface area (Å²) in [4.78, 5) is 24.2. The molecular formula is C10H19N5O3. The molecule has 1 amide bonds. The van der Waals surface area contributed by atoms with E-state index in [0.29, 0.717) is 32.2 Å². The van der Waals surface area contributed by atoms with Gasteiger partial charge >= 0.3 is 5.97 Å². The Kier molecular flexibility index (Phi) is 9.34. The van der Waals surface area contributed by atoms with Gasteiger partial charge in [0.25, 0.3) is 0 Å². The fourth-order valence-electron chi connectivity index (χ4n) is 1.33. The predicted octanol–water partition coefficient (Wildman–Crippen LogP) is 0.775. The summed E-state index contributed by atoms with van der Waals surface area (Å²) in [7, 11) is 0. The molecule has 0 spiro atoms. The minimum atomic E-state index is -0.995. The van der Waals surface area contributed by atoms with Crippen molar-refractivity contribution in [2.45, 2.75) is 38.1 Å². The number of carbonyl (C=O) groups is 2. The number of rotatable bonds is 10. The lowest BCUT2D eigenvalue weighted by molar-refractivity contribution is -0.138. The topological polar surface area (TPSA) is 141 Å². The highest BCUT2D eigenvalue weighted by Gasteiger charge is 2.10. The number of hydrogen-bond acceptors (Lipinski definition) is 4. The third kappa shape index (κ3) is 9.44. The Bertz CT molecular complexity index is 315. The van der Waals surface area contributed by atoms with Gasteiger partial charge in [-0.25, -0.2) is 0 Å². The van der Waals surface area contributed by atoms with Crippen LogP contribution in [0, 0.1) is 0 Å². The van der Waals surface area contributed by atoms with E-state index in [9.17, 15) is 9.59 Å². The van der Waals surface area contributed by atoms with Crippen LogP contribution in [0.15, 0.2) is 5.11 Å². The van der Waals surface area contributed by atoms with Crippen molar-refractivity contribution in [2.24, 2.45) is 10.8 Å². The Morgan fingerprint density at radius 2 is 2.11 bits per heavy atom. The zero-order chi connectivity index (χ0) is 13.8. The average molecular weight is 257 g/mol. The standard InChI is InChI=1S/C10H19N5O3/c11-8(10(17)18)4-2-1-3-5-9(16)13-6-7-14-15-12/h8H,1-7,11H2,(H,13,16)(H,17,18)/t8-/m0/s1. The number of carboxylic acids is 1. The number of amides is 1. The van der Waals surface area contributed by atoms with Crippen LogP contribution in [0.25, 0.3) is 10.4 Å². The van der Waals surface area contributed by atoms with Crippen molar-refractivity contribution in [3.8, 4) is 0 Å². The van der Waals surface area contributed by atoms with Crippen LogP contribution in [0.3, 0.4) is 0 Å². The summed E-state index contributed by atoms with van der Waals surface area (Å²) in [5.74, 6) is -1.09. The maximum absolute atomic E-state index is 11.2. The van der Waals surface area contributed by atoms with E-state index in [4.69, 9.17) is 16.4 Å². The van der Waals surface area contributed by atoms with E-state index in [0.717, 1.165) is 6.42 Å². The monoisotopic (exact) mass is 257 g/mol. The zero-order valence-corrected chi connectivity index (χ0v) is 10.2. The SMILES string of the molecule is [N-]=[N+]=NCCNC(=O)CCCCC[C@H](N)C(=O)O. The van der Waals surface area contributed by atoms with Crippen molar-refractivity contribution in [3.63, 3.8) is 0 Å². The van der Waals surface area contributed by atoms with Crippen molar-refractivity contribution in [3.05, 3.63) is 10.4 Å². The summed E-state index contributed by atoms with van der Waals surface area (Å²) in [6.07, 6.45) is 2.97. The Morgan fingerprint density at radius 3 is 2.72 bits per heavy atom. The van der Waals surface area contributed by atoms with Gasteiger partial charge in [0.1, 0.15) is 6.04 Å². The average Bonchev–Trinajstić information content (AvgIpc) is 2.33.